The first-order valence-corrected chi connectivity index (χ1v) is 8.56. The summed E-state index contributed by atoms with van der Waals surface area (Å²) in [5.41, 5.74) is 1.21. The number of nitriles is 1. The molecule has 4 unspecified atom stereocenters. The number of benzene rings is 1. The summed E-state index contributed by atoms with van der Waals surface area (Å²) in [5, 5.41) is 9.52. The molecule has 3 rings (SSSR count). The highest BCUT2D eigenvalue weighted by Crippen LogP contribution is 2.39. The zero-order valence-corrected chi connectivity index (χ0v) is 15.3. The van der Waals surface area contributed by atoms with Crippen LogP contribution in [0.5, 0.6) is 0 Å². The number of rotatable bonds is 2. The van der Waals surface area contributed by atoms with Crippen LogP contribution in [0.4, 0.5) is 0 Å². The quantitative estimate of drug-likeness (QED) is 0.768. The van der Waals surface area contributed by atoms with Crippen molar-refractivity contribution in [3.63, 3.8) is 0 Å². The van der Waals surface area contributed by atoms with Gasteiger partial charge in [0.2, 0.25) is 0 Å². The Morgan fingerprint density at radius 2 is 1.83 bits per heavy atom. The van der Waals surface area contributed by atoms with Crippen LogP contribution in [0, 0.1) is 11.3 Å². The van der Waals surface area contributed by atoms with E-state index in [-0.39, 0.29) is 24.3 Å². The molecule has 2 heterocycles. The highest BCUT2D eigenvalue weighted by molar-refractivity contribution is 5.21. The summed E-state index contributed by atoms with van der Waals surface area (Å²) in [6.07, 6.45) is 3.84. The second-order valence-corrected chi connectivity index (χ2v) is 6.66. The van der Waals surface area contributed by atoms with Gasteiger partial charge >= 0.3 is 0 Å². The van der Waals surface area contributed by atoms with Crippen LogP contribution in [0.15, 0.2) is 42.5 Å². The van der Waals surface area contributed by atoms with E-state index in [0.717, 1.165) is 6.54 Å². The summed E-state index contributed by atoms with van der Waals surface area (Å²) >= 11 is 0. The SMILES string of the molecule is C/C=C\C.CC(c1ccccc1)N1CC2OC(C)(C)OC2C1C#N. The largest absolute Gasteiger partial charge is 0.343 e. The van der Waals surface area contributed by atoms with Crippen LogP contribution < -0.4 is 0 Å². The lowest BCUT2D eigenvalue weighted by atomic mass is 10.1. The summed E-state index contributed by atoms with van der Waals surface area (Å²) in [6.45, 7) is 10.7. The smallest absolute Gasteiger partial charge is 0.163 e. The van der Waals surface area contributed by atoms with Crippen LogP contribution in [-0.4, -0.2) is 35.5 Å². The Morgan fingerprint density at radius 1 is 1.21 bits per heavy atom. The summed E-state index contributed by atoms with van der Waals surface area (Å²) in [6, 6.07) is 12.6. The number of likely N-dealkylation sites (tertiary alicyclic amines) is 1. The molecule has 24 heavy (non-hydrogen) atoms. The molecule has 2 fully saturated rings. The highest BCUT2D eigenvalue weighted by atomic mass is 16.8. The van der Waals surface area contributed by atoms with Gasteiger partial charge in [-0.1, -0.05) is 42.5 Å². The molecule has 0 amide bonds. The third-order valence-corrected chi connectivity index (χ3v) is 4.53. The molecule has 4 nitrogen and oxygen atoms in total. The summed E-state index contributed by atoms with van der Waals surface area (Å²) < 4.78 is 11.8. The topological polar surface area (TPSA) is 45.5 Å². The molecule has 0 spiro atoms. The molecule has 0 bridgehead atoms. The van der Waals surface area contributed by atoms with Gasteiger partial charge in [0.15, 0.2) is 5.79 Å². The van der Waals surface area contributed by atoms with Gasteiger partial charge in [-0.15, -0.1) is 0 Å². The zero-order valence-electron chi connectivity index (χ0n) is 15.3. The first-order valence-electron chi connectivity index (χ1n) is 8.56. The standard InChI is InChI=1S/C16H20N2O2.C4H8/c1-11(12-7-5-4-6-8-12)18-10-14-15(13(18)9-17)20-16(2,3)19-14;1-3-4-2/h4-8,11,13-15H,10H2,1-3H3;3-4H,1-2H3/b;4-3-. The van der Waals surface area contributed by atoms with Crippen LogP contribution in [0.1, 0.15) is 46.2 Å². The first kappa shape index (κ1) is 18.7. The Bertz CT molecular complexity index is 587. The lowest BCUT2D eigenvalue weighted by Crippen LogP contribution is -2.38. The van der Waals surface area contributed by atoms with Gasteiger partial charge in [-0.05, 0) is 40.2 Å². The Balaban J connectivity index is 0.000000471. The number of nitrogens with zero attached hydrogens (tertiary/aromatic N) is 2. The number of hydrogen-bond acceptors (Lipinski definition) is 4. The van der Waals surface area contributed by atoms with Gasteiger partial charge in [0.1, 0.15) is 18.2 Å². The highest BCUT2D eigenvalue weighted by Gasteiger charge is 2.53. The molecule has 0 aromatic heterocycles. The average molecular weight is 328 g/mol. The van der Waals surface area contributed by atoms with Crippen LogP contribution in [-0.2, 0) is 9.47 Å². The zero-order chi connectivity index (χ0) is 17.7. The molecule has 2 aliphatic rings. The lowest BCUT2D eigenvalue weighted by Gasteiger charge is -2.30. The Kier molecular flexibility index (Phi) is 6.17. The third-order valence-electron chi connectivity index (χ3n) is 4.53. The van der Waals surface area contributed by atoms with Crippen LogP contribution in [0.2, 0.25) is 0 Å². The normalized spacial score (nSPS) is 29.6. The molecule has 2 aliphatic heterocycles. The molecular weight excluding hydrogens is 300 g/mol. The van der Waals surface area contributed by atoms with E-state index < -0.39 is 5.79 Å². The summed E-state index contributed by atoms with van der Waals surface area (Å²) in [4.78, 5) is 2.18. The van der Waals surface area contributed by atoms with Gasteiger partial charge in [0.05, 0.1) is 6.07 Å². The predicted octanol–water partition coefficient (Wildman–Crippen LogP) is 4.06. The van der Waals surface area contributed by atoms with E-state index in [0.29, 0.717) is 0 Å². The van der Waals surface area contributed by atoms with Crippen LogP contribution in [0.3, 0.4) is 0 Å². The maximum Gasteiger partial charge on any atom is 0.163 e. The monoisotopic (exact) mass is 328 g/mol. The van der Waals surface area contributed by atoms with Crippen molar-refractivity contribution in [3.05, 3.63) is 48.0 Å². The Morgan fingerprint density at radius 3 is 2.38 bits per heavy atom. The van der Waals surface area contributed by atoms with E-state index >= 15 is 0 Å². The minimum absolute atomic E-state index is 0.0131. The molecular formula is C20H28N2O2. The van der Waals surface area contributed by atoms with Gasteiger partial charge < -0.3 is 9.47 Å². The molecule has 0 aliphatic carbocycles. The van der Waals surface area contributed by atoms with E-state index in [1.165, 1.54) is 5.56 Å². The van der Waals surface area contributed by atoms with Crippen LogP contribution >= 0.6 is 0 Å². The molecule has 0 N–H and O–H groups in total. The molecule has 1 aromatic carbocycles. The predicted molar refractivity (Wildman–Crippen MR) is 95.3 cm³/mol. The molecule has 130 valence electrons. The van der Waals surface area contributed by atoms with Crippen molar-refractivity contribution in [1.82, 2.24) is 4.90 Å². The minimum atomic E-state index is -0.577. The van der Waals surface area contributed by atoms with Crippen molar-refractivity contribution < 1.29 is 9.47 Å². The third kappa shape index (κ3) is 4.05. The molecule has 0 saturated carbocycles. The van der Waals surface area contributed by atoms with Crippen molar-refractivity contribution >= 4 is 0 Å². The summed E-state index contributed by atoms with van der Waals surface area (Å²) in [7, 11) is 0. The lowest BCUT2D eigenvalue weighted by molar-refractivity contribution is -0.160. The number of fused-ring (bicyclic) bond motifs is 1. The van der Waals surface area contributed by atoms with Gasteiger partial charge in [-0.3, -0.25) is 4.90 Å². The second-order valence-electron chi connectivity index (χ2n) is 6.66. The van der Waals surface area contributed by atoms with Crippen molar-refractivity contribution in [1.29, 1.82) is 5.26 Å². The maximum atomic E-state index is 9.52. The fourth-order valence-corrected chi connectivity index (χ4v) is 3.25. The van der Waals surface area contributed by atoms with Gasteiger partial charge in [0.25, 0.3) is 0 Å². The van der Waals surface area contributed by atoms with E-state index in [9.17, 15) is 5.26 Å². The summed E-state index contributed by atoms with van der Waals surface area (Å²) in [5.74, 6) is -0.577. The minimum Gasteiger partial charge on any atom is -0.343 e. The van der Waals surface area contributed by atoms with Crippen molar-refractivity contribution in [2.45, 2.75) is 64.7 Å². The van der Waals surface area contributed by atoms with Gasteiger partial charge in [-0.2, -0.15) is 5.26 Å². The number of allylic oxidation sites excluding steroid dienone is 2. The van der Waals surface area contributed by atoms with E-state index in [1.54, 1.807) is 0 Å². The van der Waals surface area contributed by atoms with Crippen molar-refractivity contribution in [2.24, 2.45) is 0 Å². The Labute approximate surface area is 145 Å². The molecule has 0 radical (unpaired) electrons. The van der Waals surface area contributed by atoms with E-state index in [2.05, 4.69) is 30.0 Å². The maximum absolute atomic E-state index is 9.52. The van der Waals surface area contributed by atoms with Crippen molar-refractivity contribution in [3.8, 4) is 6.07 Å². The second kappa shape index (κ2) is 7.94. The number of hydrogen-bond donors (Lipinski definition) is 0. The number of ether oxygens (including phenoxy) is 2. The molecule has 4 atom stereocenters. The van der Waals surface area contributed by atoms with Gasteiger partial charge in [-0.25, -0.2) is 0 Å². The van der Waals surface area contributed by atoms with Gasteiger partial charge in [0, 0.05) is 12.6 Å². The Hall–Kier alpha value is -1.67. The molecule has 2 saturated heterocycles. The molecule has 4 heteroatoms. The van der Waals surface area contributed by atoms with Crippen molar-refractivity contribution in [2.75, 3.05) is 6.54 Å². The average Bonchev–Trinajstić information content (AvgIpc) is 3.06. The van der Waals surface area contributed by atoms with E-state index in [4.69, 9.17) is 9.47 Å². The van der Waals surface area contributed by atoms with Crippen LogP contribution in [0.25, 0.3) is 0 Å². The molecule has 1 aromatic rings. The first-order chi connectivity index (χ1) is 11.4. The fraction of sp³-hybridized carbons (Fsp3) is 0.550. The fourth-order valence-electron chi connectivity index (χ4n) is 3.25. The van der Waals surface area contributed by atoms with E-state index in [1.807, 2.05) is 58.0 Å².